The van der Waals surface area contributed by atoms with E-state index in [4.69, 9.17) is 9.47 Å². The molecule has 9 heteroatoms. The van der Waals surface area contributed by atoms with Crippen LogP contribution in [0.1, 0.15) is 5.56 Å². The highest BCUT2D eigenvalue weighted by atomic mass is 19.1. The molecule has 154 valence electrons. The summed E-state index contributed by atoms with van der Waals surface area (Å²) in [7, 11) is 2.81. The van der Waals surface area contributed by atoms with E-state index >= 15 is 0 Å². The van der Waals surface area contributed by atoms with E-state index in [0.29, 0.717) is 17.1 Å². The zero-order valence-electron chi connectivity index (χ0n) is 16.2. The maximum Gasteiger partial charge on any atom is 0.314 e. The number of amides is 2. The van der Waals surface area contributed by atoms with Gasteiger partial charge in [0.2, 0.25) is 5.60 Å². The first kappa shape index (κ1) is 18.6. The summed E-state index contributed by atoms with van der Waals surface area (Å²) in [5, 5.41) is 5.49. The van der Waals surface area contributed by atoms with Gasteiger partial charge in [-0.25, -0.2) is 4.39 Å². The van der Waals surface area contributed by atoms with Crippen LogP contribution in [0.4, 0.5) is 15.8 Å². The Morgan fingerprint density at radius 1 is 1.17 bits per heavy atom. The second-order valence-electron chi connectivity index (χ2n) is 7.60. The second kappa shape index (κ2) is 6.02. The third kappa shape index (κ3) is 2.00. The van der Waals surface area contributed by atoms with Gasteiger partial charge in [0.1, 0.15) is 17.5 Å². The van der Waals surface area contributed by atoms with Gasteiger partial charge in [0.05, 0.1) is 12.8 Å². The minimum absolute atomic E-state index is 0.00830. The maximum absolute atomic E-state index is 14.3. The molecule has 5 rings (SSSR count). The SMILES string of the molecule is COC(=O)[C@@H]1CN(C)[C@]2(C(=O)Nc3ccc(F)cc32)[C@]12Oc1ccccc1NC2=O. The summed E-state index contributed by atoms with van der Waals surface area (Å²) in [5.41, 5.74) is -2.78. The fraction of sp³-hybridized carbons (Fsp3) is 0.286. The predicted octanol–water partition coefficient (Wildman–Crippen LogP) is 1.48. The number of benzene rings is 2. The van der Waals surface area contributed by atoms with Crippen molar-refractivity contribution in [1.82, 2.24) is 4.90 Å². The molecule has 0 radical (unpaired) electrons. The number of hydrogen-bond acceptors (Lipinski definition) is 6. The highest BCUT2D eigenvalue weighted by molar-refractivity contribution is 6.16. The van der Waals surface area contributed by atoms with Gasteiger partial charge in [-0.1, -0.05) is 12.1 Å². The predicted molar refractivity (Wildman–Crippen MR) is 103 cm³/mol. The van der Waals surface area contributed by atoms with Crippen molar-refractivity contribution in [3.05, 3.63) is 53.8 Å². The first-order valence-electron chi connectivity index (χ1n) is 9.36. The number of carbonyl (C=O) groups excluding carboxylic acids is 3. The van der Waals surface area contributed by atoms with Gasteiger partial charge in [0.25, 0.3) is 11.8 Å². The minimum atomic E-state index is -2.01. The summed E-state index contributed by atoms with van der Waals surface area (Å²) < 4.78 is 25.5. The van der Waals surface area contributed by atoms with Crippen LogP contribution in [0.3, 0.4) is 0 Å². The number of ether oxygens (including phenoxy) is 2. The van der Waals surface area contributed by atoms with E-state index in [1.165, 1.54) is 25.3 Å². The van der Waals surface area contributed by atoms with E-state index in [-0.39, 0.29) is 12.1 Å². The number of carbonyl (C=O) groups is 3. The van der Waals surface area contributed by atoms with Crippen LogP contribution in [0.15, 0.2) is 42.5 Å². The smallest absolute Gasteiger partial charge is 0.314 e. The summed E-state index contributed by atoms with van der Waals surface area (Å²) in [4.78, 5) is 41.5. The van der Waals surface area contributed by atoms with Gasteiger partial charge in [-0.05, 0) is 37.4 Å². The largest absolute Gasteiger partial charge is 0.471 e. The third-order valence-electron chi connectivity index (χ3n) is 6.23. The standard InChI is InChI=1S/C21H18FN3O5/c1-25-10-13(17(26)29-2)21(19(28)24-15-5-3-4-6-16(15)30-21)20(25)12-9-11(22)7-8-14(12)23-18(20)27/h3-9,13H,10H2,1-2H3,(H,23,27)(H,24,28)/t13-,20+,21-/m0/s1. The van der Waals surface area contributed by atoms with Crippen LogP contribution >= 0.6 is 0 Å². The molecule has 2 N–H and O–H groups in total. The lowest BCUT2D eigenvalue weighted by molar-refractivity contribution is -0.165. The van der Waals surface area contributed by atoms with Crippen LogP contribution in [0, 0.1) is 11.7 Å². The lowest BCUT2D eigenvalue weighted by Gasteiger charge is -2.46. The van der Waals surface area contributed by atoms with Crippen molar-refractivity contribution in [2.24, 2.45) is 5.92 Å². The lowest BCUT2D eigenvalue weighted by Crippen LogP contribution is -2.70. The second-order valence-corrected chi connectivity index (χ2v) is 7.60. The van der Waals surface area contributed by atoms with Gasteiger partial charge < -0.3 is 20.1 Å². The molecule has 0 aromatic heterocycles. The molecule has 30 heavy (non-hydrogen) atoms. The number of halogens is 1. The molecule has 1 saturated heterocycles. The number of nitrogens with zero attached hydrogens (tertiary/aromatic N) is 1. The highest BCUT2D eigenvalue weighted by Gasteiger charge is 2.78. The normalized spacial score (nSPS) is 29.2. The van der Waals surface area contributed by atoms with Gasteiger partial charge in [-0.2, -0.15) is 0 Å². The number of fused-ring (bicyclic) bond motifs is 4. The van der Waals surface area contributed by atoms with E-state index in [0.717, 1.165) is 0 Å². The molecule has 2 aromatic rings. The van der Waals surface area contributed by atoms with E-state index in [1.54, 1.807) is 36.2 Å². The van der Waals surface area contributed by atoms with Crippen LogP contribution < -0.4 is 15.4 Å². The topological polar surface area (TPSA) is 97.0 Å². The Labute approximate surface area is 170 Å². The van der Waals surface area contributed by atoms with Crippen LogP contribution in [0.2, 0.25) is 0 Å². The molecule has 2 spiro atoms. The first-order chi connectivity index (χ1) is 14.4. The molecule has 8 nitrogen and oxygen atoms in total. The molecule has 3 heterocycles. The number of hydrogen-bond donors (Lipinski definition) is 2. The van der Waals surface area contributed by atoms with Crippen molar-refractivity contribution >= 4 is 29.2 Å². The summed E-state index contributed by atoms with van der Waals surface area (Å²) in [6, 6.07) is 10.6. The van der Waals surface area contributed by atoms with Crippen molar-refractivity contribution in [1.29, 1.82) is 0 Å². The minimum Gasteiger partial charge on any atom is -0.471 e. The number of anilines is 2. The number of rotatable bonds is 1. The van der Waals surface area contributed by atoms with Gasteiger partial charge in [-0.15, -0.1) is 0 Å². The van der Waals surface area contributed by atoms with Crippen molar-refractivity contribution in [3.63, 3.8) is 0 Å². The molecule has 3 aliphatic heterocycles. The van der Waals surface area contributed by atoms with E-state index < -0.39 is 40.7 Å². The Hall–Kier alpha value is -3.46. The fourth-order valence-electron chi connectivity index (χ4n) is 5.03. The number of esters is 1. The maximum atomic E-state index is 14.3. The summed E-state index contributed by atoms with van der Waals surface area (Å²) >= 11 is 0. The van der Waals surface area contributed by atoms with Crippen LogP contribution in [-0.2, 0) is 24.7 Å². The van der Waals surface area contributed by atoms with Crippen LogP contribution in [0.25, 0.3) is 0 Å². The molecule has 0 unspecified atom stereocenters. The fourth-order valence-corrected chi connectivity index (χ4v) is 5.03. The molecule has 2 amide bonds. The van der Waals surface area contributed by atoms with Crippen molar-refractivity contribution in [2.75, 3.05) is 31.3 Å². The zero-order valence-corrected chi connectivity index (χ0v) is 16.2. The number of likely N-dealkylation sites (tertiary alicyclic amines) is 1. The molecule has 3 atom stereocenters. The first-order valence-corrected chi connectivity index (χ1v) is 9.36. The van der Waals surface area contributed by atoms with E-state index in [9.17, 15) is 18.8 Å². The third-order valence-corrected chi connectivity index (χ3v) is 6.23. The quantitative estimate of drug-likeness (QED) is 0.690. The summed E-state index contributed by atoms with van der Waals surface area (Å²) in [5.74, 6) is -3.36. The Kier molecular flexibility index (Phi) is 3.73. The van der Waals surface area contributed by atoms with Crippen molar-refractivity contribution < 1.29 is 28.2 Å². The Morgan fingerprint density at radius 2 is 1.90 bits per heavy atom. The molecular formula is C21H18FN3O5. The van der Waals surface area contributed by atoms with Crippen LogP contribution in [0.5, 0.6) is 5.75 Å². The number of nitrogens with one attached hydrogen (secondary N) is 2. The monoisotopic (exact) mass is 411 g/mol. The summed E-state index contributed by atoms with van der Waals surface area (Å²) in [6.45, 7) is -0.00830. The van der Waals surface area contributed by atoms with Gasteiger partial charge in [0.15, 0.2) is 5.54 Å². The number of likely N-dealkylation sites (N-methyl/N-ethyl adjacent to an activating group) is 1. The Bertz CT molecular complexity index is 1120. The Morgan fingerprint density at radius 3 is 2.67 bits per heavy atom. The van der Waals surface area contributed by atoms with Crippen molar-refractivity contribution in [3.8, 4) is 5.75 Å². The average Bonchev–Trinajstić information content (AvgIpc) is 3.17. The summed E-state index contributed by atoms with van der Waals surface area (Å²) in [6.07, 6.45) is 0. The van der Waals surface area contributed by atoms with Crippen LogP contribution in [-0.4, -0.2) is 49.0 Å². The van der Waals surface area contributed by atoms with Gasteiger partial charge in [-0.3, -0.25) is 19.3 Å². The van der Waals surface area contributed by atoms with Gasteiger partial charge >= 0.3 is 5.97 Å². The lowest BCUT2D eigenvalue weighted by atomic mass is 9.70. The molecule has 2 aromatic carbocycles. The van der Waals surface area contributed by atoms with E-state index in [1.807, 2.05) is 0 Å². The van der Waals surface area contributed by atoms with Crippen molar-refractivity contribution in [2.45, 2.75) is 11.1 Å². The molecule has 0 saturated carbocycles. The van der Waals surface area contributed by atoms with E-state index in [2.05, 4.69) is 10.6 Å². The van der Waals surface area contributed by atoms with Gasteiger partial charge in [0, 0.05) is 17.8 Å². The number of methoxy groups -OCH3 is 1. The molecule has 1 fully saturated rings. The molecular weight excluding hydrogens is 393 g/mol. The molecule has 0 bridgehead atoms. The Balaban J connectivity index is 1.84. The zero-order chi connectivity index (χ0) is 21.3. The molecule has 0 aliphatic carbocycles. The highest BCUT2D eigenvalue weighted by Crippen LogP contribution is 2.58. The number of para-hydroxylation sites is 2. The molecule has 3 aliphatic rings. The average molecular weight is 411 g/mol.